The van der Waals surface area contributed by atoms with E-state index in [4.69, 9.17) is 14.9 Å². The molecule has 0 aromatic carbocycles. The van der Waals surface area contributed by atoms with Crippen molar-refractivity contribution in [3.63, 3.8) is 0 Å². The number of aliphatic hydroxyl groups is 4. The molecule has 1 fully saturated rings. The van der Waals surface area contributed by atoms with E-state index in [-0.39, 0.29) is 59.1 Å². The Labute approximate surface area is 147 Å². The van der Waals surface area contributed by atoms with Crippen LogP contribution in [0.3, 0.4) is 0 Å². The second kappa shape index (κ2) is 9.04. The van der Waals surface area contributed by atoms with Crippen molar-refractivity contribution in [3.05, 3.63) is 0 Å². The fourth-order valence-electron chi connectivity index (χ4n) is 1.29. The summed E-state index contributed by atoms with van der Waals surface area (Å²) in [6.45, 7) is -0.702. The van der Waals surface area contributed by atoms with Crippen LogP contribution < -0.4 is 0 Å². The molecule has 0 saturated carbocycles. The molecule has 12 heteroatoms. The normalized spacial score (nSPS) is 36.4. The first-order valence-electron chi connectivity index (χ1n) is 4.30. The second-order valence-electron chi connectivity index (χ2n) is 3.29. The summed E-state index contributed by atoms with van der Waals surface area (Å²) in [6.07, 6.45) is -8.25. The summed E-state index contributed by atoms with van der Waals surface area (Å²) in [5.41, 5.74) is 0. The van der Waals surface area contributed by atoms with Crippen molar-refractivity contribution in [2.24, 2.45) is 0 Å². The predicted octanol–water partition coefficient (Wildman–Crippen LogP) is -3.87. The van der Waals surface area contributed by atoms with Gasteiger partial charge in [-0.05, 0) is 0 Å². The maximum atomic E-state index is 10.5. The Bertz CT molecular complexity index is 284. The van der Waals surface area contributed by atoms with E-state index < -0.39 is 45.1 Å². The van der Waals surface area contributed by atoms with Gasteiger partial charge in [0.25, 0.3) is 0 Å². The van der Waals surface area contributed by atoms with E-state index in [9.17, 15) is 19.9 Å². The molecule has 0 bridgehead atoms. The molecule has 1 heterocycles. The molecule has 0 aliphatic carbocycles. The van der Waals surface area contributed by atoms with Gasteiger partial charge in [-0.2, -0.15) is 0 Å². The topological polar surface area (TPSA) is 157 Å². The number of ether oxygens (including phenoxy) is 1. The molecule has 1 rings (SSSR count). The zero-order valence-electron chi connectivity index (χ0n) is 9.95. The Morgan fingerprint density at radius 1 is 1.06 bits per heavy atom. The van der Waals surface area contributed by atoms with Gasteiger partial charge in [-0.15, -0.1) is 0 Å². The van der Waals surface area contributed by atoms with Gasteiger partial charge in [-0.3, -0.25) is 4.52 Å². The predicted molar refractivity (Wildman–Crippen MR) is 58.4 cm³/mol. The van der Waals surface area contributed by atoms with Crippen LogP contribution in [0, 0.1) is 0 Å². The molecule has 6 N–H and O–H groups in total. The third kappa shape index (κ3) is 6.13. The Morgan fingerprint density at radius 3 is 1.94 bits per heavy atom. The van der Waals surface area contributed by atoms with Crippen LogP contribution in [0.1, 0.15) is 0 Å². The molecule has 98 valence electrons. The van der Waals surface area contributed by atoms with E-state index >= 15 is 0 Å². The first-order valence-corrected chi connectivity index (χ1v) is 5.83. The van der Waals surface area contributed by atoms with Crippen LogP contribution in [0.5, 0.6) is 0 Å². The molecule has 0 spiro atoms. The molecule has 2 radical (unpaired) electrons. The molecule has 1 aliphatic rings. The quantitative estimate of drug-likeness (QED) is 0.227. The van der Waals surface area contributed by atoms with Gasteiger partial charge in [0.1, 0.15) is 24.4 Å². The zero-order valence-corrected chi connectivity index (χ0v) is 14.8. The van der Waals surface area contributed by atoms with E-state index in [2.05, 4.69) is 9.26 Å². The molecule has 0 amide bonds. The van der Waals surface area contributed by atoms with E-state index in [0.717, 1.165) is 0 Å². The van der Waals surface area contributed by atoms with Gasteiger partial charge in [0.15, 0.2) is 6.29 Å². The number of aliphatic hydroxyl groups excluding tert-OH is 4. The summed E-state index contributed by atoms with van der Waals surface area (Å²) in [5.74, 6) is 0. The minimum atomic E-state index is -4.91. The molecule has 5 atom stereocenters. The molecule has 0 aromatic heterocycles. The first-order chi connectivity index (χ1) is 7.26. The van der Waals surface area contributed by atoms with E-state index in [0.29, 0.717) is 0 Å². The largest absolute Gasteiger partial charge is 0.472 e. The fraction of sp³-hybridized carbons (Fsp3) is 1.00. The van der Waals surface area contributed by atoms with Gasteiger partial charge in [0, 0.05) is 59.1 Å². The average molecular weight is 306 g/mol. The molecule has 18 heavy (non-hydrogen) atoms. The van der Waals surface area contributed by atoms with Gasteiger partial charge in [0.05, 0.1) is 6.61 Å². The second-order valence-corrected chi connectivity index (χ2v) is 4.49. The summed E-state index contributed by atoms with van der Waals surface area (Å²) in [4.78, 5) is 17.0. The number of hydrogen-bond donors (Lipinski definition) is 6. The van der Waals surface area contributed by atoms with Crippen LogP contribution >= 0.6 is 7.82 Å². The van der Waals surface area contributed by atoms with Crippen LogP contribution in [-0.4, -0.2) is 127 Å². The van der Waals surface area contributed by atoms with Gasteiger partial charge in [0.2, 0.25) is 0 Å². The Hall–Kier alpha value is 1.91. The molecule has 1 saturated heterocycles. The molecule has 0 aromatic rings. The average Bonchev–Trinajstić information content (AvgIpc) is 2.17. The smallest absolute Gasteiger partial charge is 0.394 e. The zero-order chi connectivity index (χ0) is 12.5. The maximum absolute atomic E-state index is 10.5. The molecule has 0 unspecified atom stereocenters. The van der Waals surface area contributed by atoms with Crippen LogP contribution in [0.25, 0.3) is 0 Å². The number of rotatable bonds is 3. The third-order valence-corrected chi connectivity index (χ3v) is 2.57. The van der Waals surface area contributed by atoms with Crippen molar-refractivity contribution >= 4 is 66.9 Å². The minimum Gasteiger partial charge on any atom is -0.394 e. The summed E-state index contributed by atoms with van der Waals surface area (Å²) in [7, 11) is -4.91. The van der Waals surface area contributed by atoms with Crippen LogP contribution in [0.15, 0.2) is 0 Å². The van der Waals surface area contributed by atoms with Crippen LogP contribution in [-0.2, 0) is 13.8 Å². The number of phosphoric acid groups is 1. The summed E-state index contributed by atoms with van der Waals surface area (Å²) in [5, 5.41) is 36.6. The van der Waals surface area contributed by atoms with Gasteiger partial charge >= 0.3 is 7.82 Å². The monoisotopic (exact) mass is 306 g/mol. The Kier molecular flexibility index (Phi) is 11.1. The van der Waals surface area contributed by atoms with Crippen LogP contribution in [0.2, 0.25) is 0 Å². The molecular weight excluding hydrogens is 293 g/mol. The minimum absolute atomic E-state index is 0. The third-order valence-electron chi connectivity index (χ3n) is 2.09. The van der Waals surface area contributed by atoms with Crippen molar-refractivity contribution in [2.75, 3.05) is 6.61 Å². The molecule has 9 nitrogen and oxygen atoms in total. The summed E-state index contributed by atoms with van der Waals surface area (Å²) >= 11 is 0. The number of phosphoric ester groups is 1. The van der Waals surface area contributed by atoms with Crippen LogP contribution in [0.4, 0.5) is 0 Å². The standard InChI is InChI=1S/C6H13O9P.2Na/c7-1-2-3(8)4(9)5(10)6(14-2)15-16(11,12)13;;/h2-10H,1H2,(H2,11,12,13);;/t2-,3-,4+,5-,6-;;/m1../s1. The first kappa shape index (κ1) is 22.2. The van der Waals surface area contributed by atoms with E-state index in [1.165, 1.54) is 0 Å². The van der Waals surface area contributed by atoms with E-state index in [1.807, 2.05) is 0 Å². The Morgan fingerprint density at radius 2 is 1.56 bits per heavy atom. The van der Waals surface area contributed by atoms with Gasteiger partial charge in [-0.1, -0.05) is 0 Å². The van der Waals surface area contributed by atoms with E-state index in [1.54, 1.807) is 0 Å². The Balaban J connectivity index is 0. The SMILES string of the molecule is O=P(O)(O)O[C@H]1O[C@H](CO)[C@@H](O)[C@H](O)[C@H]1O.[Na].[Na]. The van der Waals surface area contributed by atoms with Crippen molar-refractivity contribution in [1.82, 2.24) is 0 Å². The van der Waals surface area contributed by atoms with Crippen molar-refractivity contribution < 1.29 is 44.0 Å². The maximum Gasteiger partial charge on any atom is 0.472 e. The van der Waals surface area contributed by atoms with Crippen molar-refractivity contribution in [3.8, 4) is 0 Å². The van der Waals surface area contributed by atoms with Crippen molar-refractivity contribution in [1.29, 1.82) is 0 Å². The molecular formula is C6H13Na2O9P. The number of hydrogen-bond acceptors (Lipinski definition) is 7. The molecule has 1 aliphatic heterocycles. The van der Waals surface area contributed by atoms with Gasteiger partial charge < -0.3 is 34.9 Å². The fourth-order valence-corrected chi connectivity index (χ4v) is 1.73. The summed E-state index contributed by atoms with van der Waals surface area (Å²) < 4.78 is 19.2. The van der Waals surface area contributed by atoms with Crippen molar-refractivity contribution in [2.45, 2.75) is 30.7 Å². The summed E-state index contributed by atoms with van der Waals surface area (Å²) in [6, 6.07) is 0. The van der Waals surface area contributed by atoms with Gasteiger partial charge in [-0.25, -0.2) is 4.57 Å².